The predicted molar refractivity (Wildman–Crippen MR) is 106 cm³/mol. The van der Waals surface area contributed by atoms with E-state index in [9.17, 15) is 9.59 Å². The third kappa shape index (κ3) is 4.64. The van der Waals surface area contributed by atoms with E-state index in [2.05, 4.69) is 29.0 Å². The Hall–Kier alpha value is -3.44. The first-order chi connectivity index (χ1) is 13.6. The number of esters is 2. The highest BCUT2D eigenvalue weighted by Crippen LogP contribution is 2.22. The second kappa shape index (κ2) is 8.97. The van der Waals surface area contributed by atoms with Crippen LogP contribution in [-0.2, 0) is 16.0 Å². The molecule has 3 aromatic carbocycles. The fraction of sp³-hybridized carbons (Fsp3) is 0.130. The summed E-state index contributed by atoms with van der Waals surface area (Å²) in [5, 5.41) is 0. The largest absolute Gasteiger partial charge is 0.497 e. The van der Waals surface area contributed by atoms with Crippen LogP contribution in [0.4, 0.5) is 0 Å². The maximum Gasteiger partial charge on any atom is 0.346 e. The molecule has 1 aliphatic rings. The highest BCUT2D eigenvalue weighted by molar-refractivity contribution is 6.02. The van der Waals surface area contributed by atoms with Gasteiger partial charge in [-0.1, -0.05) is 66.7 Å². The van der Waals surface area contributed by atoms with Crippen LogP contribution in [0.5, 0.6) is 5.75 Å². The van der Waals surface area contributed by atoms with Gasteiger partial charge in [0.1, 0.15) is 5.75 Å². The van der Waals surface area contributed by atoms with E-state index in [0.29, 0.717) is 16.9 Å². The van der Waals surface area contributed by atoms with Crippen molar-refractivity contribution >= 4 is 11.9 Å². The van der Waals surface area contributed by atoms with Crippen molar-refractivity contribution in [1.29, 1.82) is 0 Å². The van der Waals surface area contributed by atoms with Crippen LogP contribution in [0.25, 0.3) is 0 Å². The summed E-state index contributed by atoms with van der Waals surface area (Å²) in [7, 11) is 1.51. The fourth-order valence-electron chi connectivity index (χ4n) is 2.89. The van der Waals surface area contributed by atoms with Crippen molar-refractivity contribution in [2.75, 3.05) is 7.11 Å². The number of hydrogen-bond donors (Lipinski definition) is 1. The zero-order chi connectivity index (χ0) is 19.9. The summed E-state index contributed by atoms with van der Waals surface area (Å²) >= 11 is 0. The first-order valence-corrected chi connectivity index (χ1v) is 8.86. The topological polar surface area (TPSA) is 78.6 Å². The Morgan fingerprint density at radius 1 is 0.893 bits per heavy atom. The van der Waals surface area contributed by atoms with Gasteiger partial charge < -0.3 is 15.2 Å². The first kappa shape index (κ1) is 19.3. The average molecular weight is 375 g/mol. The molecule has 28 heavy (non-hydrogen) atoms. The molecular formula is C23H21NO4. The second-order valence-corrected chi connectivity index (χ2v) is 6.26. The molecule has 5 nitrogen and oxygen atoms in total. The zero-order valence-electron chi connectivity index (χ0n) is 15.5. The molecule has 0 spiro atoms. The maximum atomic E-state index is 11.3. The van der Waals surface area contributed by atoms with E-state index in [0.717, 1.165) is 11.1 Å². The number of carbonyl (C=O) groups is 2. The van der Waals surface area contributed by atoms with E-state index in [1.807, 2.05) is 36.4 Å². The third-order valence-corrected chi connectivity index (χ3v) is 4.40. The molecule has 0 atom stereocenters. The van der Waals surface area contributed by atoms with Crippen molar-refractivity contribution in [2.24, 2.45) is 5.73 Å². The van der Waals surface area contributed by atoms with Crippen LogP contribution in [-0.4, -0.2) is 19.0 Å². The number of cyclic esters (lactones) is 2. The van der Waals surface area contributed by atoms with Gasteiger partial charge in [-0.05, 0) is 28.8 Å². The molecule has 0 aliphatic carbocycles. The summed E-state index contributed by atoms with van der Waals surface area (Å²) in [5.74, 6) is -0.530. The Morgan fingerprint density at radius 3 is 2.00 bits per heavy atom. The molecule has 0 aromatic heterocycles. The fourth-order valence-corrected chi connectivity index (χ4v) is 2.89. The van der Waals surface area contributed by atoms with E-state index in [-0.39, 0.29) is 12.5 Å². The molecule has 0 fully saturated rings. The van der Waals surface area contributed by atoms with Crippen LogP contribution in [0.1, 0.15) is 33.1 Å². The number of rotatable bonds is 3. The Labute approximate surface area is 163 Å². The quantitative estimate of drug-likeness (QED) is 0.558. The van der Waals surface area contributed by atoms with Gasteiger partial charge in [-0.3, -0.25) is 4.79 Å². The van der Waals surface area contributed by atoms with Crippen molar-refractivity contribution in [3.8, 4) is 5.75 Å². The zero-order valence-corrected chi connectivity index (χ0v) is 15.5. The number of carbonyl (C=O) groups excluding carboxylic acids is 2. The summed E-state index contributed by atoms with van der Waals surface area (Å²) in [6.45, 7) is 0. The van der Waals surface area contributed by atoms with Crippen LogP contribution in [0.15, 0.2) is 78.9 Å². The van der Waals surface area contributed by atoms with Crippen LogP contribution in [0.2, 0.25) is 0 Å². The number of fused-ring (bicyclic) bond motifs is 1. The monoisotopic (exact) mass is 375 g/mol. The minimum Gasteiger partial charge on any atom is -0.497 e. The normalized spacial score (nSPS) is 12.5. The van der Waals surface area contributed by atoms with Crippen LogP contribution >= 0.6 is 0 Å². The predicted octanol–water partition coefficient (Wildman–Crippen LogP) is 3.67. The van der Waals surface area contributed by atoms with E-state index < -0.39 is 11.9 Å². The van der Waals surface area contributed by atoms with Gasteiger partial charge in [0.05, 0.1) is 25.1 Å². The Kier molecular flexibility index (Phi) is 6.19. The number of hydrogen-bond acceptors (Lipinski definition) is 5. The van der Waals surface area contributed by atoms with Gasteiger partial charge in [0.15, 0.2) is 0 Å². The molecule has 0 radical (unpaired) electrons. The van der Waals surface area contributed by atoms with Crippen molar-refractivity contribution < 1.29 is 19.1 Å². The lowest BCUT2D eigenvalue weighted by molar-refractivity contribution is -0.137. The molecule has 0 amide bonds. The molecule has 0 unspecified atom stereocenters. The minimum atomic E-state index is -0.602. The molecule has 1 aliphatic heterocycles. The lowest BCUT2D eigenvalue weighted by Crippen LogP contribution is -2.22. The molecule has 0 saturated carbocycles. The number of methoxy groups -OCH3 is 1. The van der Waals surface area contributed by atoms with Crippen molar-refractivity contribution in [3.05, 3.63) is 101 Å². The van der Waals surface area contributed by atoms with Crippen LogP contribution in [0.3, 0.4) is 0 Å². The van der Waals surface area contributed by atoms with Gasteiger partial charge in [0.2, 0.25) is 0 Å². The smallest absolute Gasteiger partial charge is 0.346 e. The van der Waals surface area contributed by atoms with Crippen molar-refractivity contribution in [3.63, 3.8) is 0 Å². The van der Waals surface area contributed by atoms with Crippen LogP contribution < -0.4 is 10.5 Å². The molecule has 142 valence electrons. The first-order valence-electron chi connectivity index (χ1n) is 8.86. The molecule has 0 bridgehead atoms. The van der Waals surface area contributed by atoms with Crippen LogP contribution in [0, 0.1) is 0 Å². The van der Waals surface area contributed by atoms with Gasteiger partial charge in [-0.25, -0.2) is 4.79 Å². The van der Waals surface area contributed by atoms with E-state index >= 15 is 0 Å². The molecule has 0 saturated heterocycles. The Bertz CT molecular complexity index is 915. The summed E-state index contributed by atoms with van der Waals surface area (Å²) in [4.78, 5) is 22.2. The van der Waals surface area contributed by atoms with Gasteiger partial charge in [0, 0.05) is 0 Å². The highest BCUT2D eigenvalue weighted by Gasteiger charge is 2.24. The molecular weight excluding hydrogens is 354 g/mol. The minimum absolute atomic E-state index is 0.0163. The summed E-state index contributed by atoms with van der Waals surface area (Å²) in [5.41, 5.74) is 9.51. The Morgan fingerprint density at radius 2 is 1.46 bits per heavy atom. The van der Waals surface area contributed by atoms with Gasteiger partial charge in [0.25, 0.3) is 0 Å². The molecule has 4 rings (SSSR count). The van der Waals surface area contributed by atoms with Gasteiger partial charge >= 0.3 is 11.9 Å². The number of nitrogens with two attached hydrogens (primary N) is 1. The van der Waals surface area contributed by atoms with Crippen molar-refractivity contribution in [2.45, 2.75) is 12.5 Å². The lowest BCUT2D eigenvalue weighted by Gasteiger charge is -2.14. The number of ether oxygens (including phenoxy) is 2. The summed E-state index contributed by atoms with van der Waals surface area (Å²) in [6.07, 6.45) is 0.144. The molecule has 3 aromatic rings. The van der Waals surface area contributed by atoms with Gasteiger partial charge in [-0.2, -0.15) is 0 Å². The van der Waals surface area contributed by atoms with E-state index in [1.165, 1.54) is 7.11 Å². The highest BCUT2D eigenvalue weighted by atomic mass is 16.6. The molecule has 2 N–H and O–H groups in total. The van der Waals surface area contributed by atoms with Crippen molar-refractivity contribution in [1.82, 2.24) is 0 Å². The molecule has 1 heterocycles. The third-order valence-electron chi connectivity index (χ3n) is 4.40. The number of benzene rings is 3. The van der Waals surface area contributed by atoms with E-state index in [4.69, 9.17) is 10.5 Å². The standard InChI is InChI=1S/C13H13N.C10H8O4/c14-13(11-7-3-1-4-8-11)12-9-5-2-6-10-12;1-13-7-3-2-6-4-9(11)14-10(12)8(6)5-7/h1-10,13H,14H2;2-3,5H,4H2,1H3. The summed E-state index contributed by atoms with van der Waals surface area (Å²) < 4.78 is 9.44. The maximum absolute atomic E-state index is 11.3. The second-order valence-electron chi connectivity index (χ2n) is 6.26. The molecule has 5 heteroatoms. The SMILES string of the molecule is COc1ccc2c(c1)C(=O)OC(=O)C2.NC(c1ccccc1)c1ccccc1. The summed E-state index contributed by atoms with van der Waals surface area (Å²) in [6, 6.07) is 25.2. The van der Waals surface area contributed by atoms with E-state index in [1.54, 1.807) is 18.2 Å². The Balaban J connectivity index is 0.000000161. The average Bonchev–Trinajstić information content (AvgIpc) is 2.74. The van der Waals surface area contributed by atoms with Gasteiger partial charge in [-0.15, -0.1) is 0 Å². The lowest BCUT2D eigenvalue weighted by atomic mass is 10.00.